The van der Waals surface area contributed by atoms with Crippen LogP contribution < -0.4 is 4.74 Å². The van der Waals surface area contributed by atoms with E-state index >= 15 is 0 Å². The summed E-state index contributed by atoms with van der Waals surface area (Å²) in [5, 5.41) is 0. The van der Waals surface area contributed by atoms with Crippen molar-refractivity contribution in [3.05, 3.63) is 52.7 Å². The van der Waals surface area contributed by atoms with Crippen LogP contribution in [0.25, 0.3) is 0 Å². The molecule has 0 radical (unpaired) electrons. The molecule has 6 heteroatoms. The molecule has 26 heavy (non-hydrogen) atoms. The first kappa shape index (κ1) is 19.4. The van der Waals surface area contributed by atoms with Crippen LogP contribution in [-0.2, 0) is 0 Å². The summed E-state index contributed by atoms with van der Waals surface area (Å²) in [6, 6.07) is 4.95. The smallest absolute Gasteiger partial charge is 0.230 e. The molecule has 0 aliphatic rings. The highest BCUT2D eigenvalue weighted by Crippen LogP contribution is 2.28. The van der Waals surface area contributed by atoms with E-state index in [2.05, 4.69) is 15.9 Å². The molecule has 0 spiro atoms. The van der Waals surface area contributed by atoms with Gasteiger partial charge in [-0.25, -0.2) is 18.8 Å². The predicted octanol–water partition coefficient (Wildman–Crippen LogP) is 4.40. The van der Waals surface area contributed by atoms with Crippen LogP contribution in [0.1, 0.15) is 36.8 Å². The molecule has 2 aromatic rings. The first-order valence-corrected chi connectivity index (χ1v) is 8.19. The van der Waals surface area contributed by atoms with E-state index < -0.39 is 17.7 Å². The van der Waals surface area contributed by atoms with E-state index in [4.69, 9.17) is 11.2 Å². The van der Waals surface area contributed by atoms with Gasteiger partial charge in [-0.3, -0.25) is 0 Å². The van der Waals surface area contributed by atoms with Gasteiger partial charge >= 0.3 is 0 Å². The highest BCUT2D eigenvalue weighted by molar-refractivity contribution is 5.64. The third-order valence-electron chi connectivity index (χ3n) is 3.84. The minimum Gasteiger partial charge on any atom is -0.469 e. The molecule has 136 valence electrons. The molecule has 0 N–H and O–H groups in total. The Morgan fingerprint density at radius 3 is 2.54 bits per heavy atom. The number of rotatable bonds is 6. The molecule has 0 fully saturated rings. The Bertz CT molecular complexity index is 839. The molecule has 0 saturated carbocycles. The predicted molar refractivity (Wildman–Crippen MR) is 98.8 cm³/mol. The lowest BCUT2D eigenvalue weighted by atomic mass is 10.1. The molecule has 1 atom stereocenters. The number of nitrogens with zero attached hydrogens (tertiary/aromatic N) is 3. The van der Waals surface area contributed by atoms with Gasteiger partial charge in [0.1, 0.15) is 17.7 Å². The summed E-state index contributed by atoms with van der Waals surface area (Å²) < 4.78 is 32.6. The standard InChI is InChI=1S/C20H21F2N3O/c1-6-15-10-19(23-12-25(5)7-2)13(3)24-20(15)26-14(4)16-8-17(21)11-18(22)9-16/h1,8-12,14H,7H2,2-5H3/b23-12+. The number of ether oxygens (including phenoxy) is 1. The van der Waals surface area contributed by atoms with Gasteiger partial charge in [0, 0.05) is 19.7 Å². The van der Waals surface area contributed by atoms with E-state index in [1.165, 1.54) is 12.1 Å². The number of halogens is 2. The lowest BCUT2D eigenvalue weighted by molar-refractivity contribution is 0.215. The van der Waals surface area contributed by atoms with Gasteiger partial charge in [-0.05, 0) is 44.5 Å². The summed E-state index contributed by atoms with van der Waals surface area (Å²) in [7, 11) is 1.91. The maximum Gasteiger partial charge on any atom is 0.230 e. The molecule has 1 aromatic carbocycles. The van der Waals surface area contributed by atoms with Crippen LogP contribution in [0.2, 0.25) is 0 Å². The van der Waals surface area contributed by atoms with Crippen LogP contribution in [0.15, 0.2) is 29.3 Å². The number of aryl methyl sites for hydroxylation is 1. The number of hydrogen-bond donors (Lipinski definition) is 0. The van der Waals surface area contributed by atoms with Crippen molar-refractivity contribution in [2.24, 2.45) is 4.99 Å². The largest absolute Gasteiger partial charge is 0.469 e. The summed E-state index contributed by atoms with van der Waals surface area (Å²) in [6.45, 7) is 6.30. The lowest BCUT2D eigenvalue weighted by Crippen LogP contribution is -2.14. The van der Waals surface area contributed by atoms with Crippen molar-refractivity contribution in [3.8, 4) is 18.2 Å². The molecular weight excluding hydrogens is 336 g/mol. The average molecular weight is 357 g/mol. The third kappa shape index (κ3) is 4.79. The van der Waals surface area contributed by atoms with Crippen molar-refractivity contribution in [1.82, 2.24) is 9.88 Å². The molecule has 1 heterocycles. The van der Waals surface area contributed by atoms with Gasteiger partial charge < -0.3 is 9.64 Å². The number of terminal acetylenes is 1. The highest BCUT2D eigenvalue weighted by Gasteiger charge is 2.15. The molecule has 0 aliphatic heterocycles. The second-order valence-corrected chi connectivity index (χ2v) is 5.87. The van der Waals surface area contributed by atoms with Crippen molar-refractivity contribution in [1.29, 1.82) is 0 Å². The van der Waals surface area contributed by atoms with E-state index in [-0.39, 0.29) is 5.88 Å². The van der Waals surface area contributed by atoms with Crippen LogP contribution in [0, 0.1) is 30.9 Å². The second-order valence-electron chi connectivity index (χ2n) is 5.87. The van der Waals surface area contributed by atoms with Crippen LogP contribution in [0.3, 0.4) is 0 Å². The summed E-state index contributed by atoms with van der Waals surface area (Å²) in [5.41, 5.74) is 2.05. The quantitative estimate of drug-likeness (QED) is 0.437. The molecular formula is C20H21F2N3O. The summed E-state index contributed by atoms with van der Waals surface area (Å²) in [6.07, 6.45) is 6.63. The zero-order valence-corrected chi connectivity index (χ0v) is 15.3. The van der Waals surface area contributed by atoms with Gasteiger partial charge in [0.05, 0.1) is 23.3 Å². The fourth-order valence-corrected chi connectivity index (χ4v) is 2.18. The van der Waals surface area contributed by atoms with E-state index in [9.17, 15) is 8.78 Å². The average Bonchev–Trinajstić information content (AvgIpc) is 2.59. The Morgan fingerprint density at radius 1 is 1.31 bits per heavy atom. The van der Waals surface area contributed by atoms with Gasteiger partial charge in [0.25, 0.3) is 0 Å². The highest BCUT2D eigenvalue weighted by atomic mass is 19.1. The zero-order valence-electron chi connectivity index (χ0n) is 15.3. The van der Waals surface area contributed by atoms with Crippen molar-refractivity contribution < 1.29 is 13.5 Å². The monoisotopic (exact) mass is 357 g/mol. The Morgan fingerprint density at radius 2 is 1.96 bits per heavy atom. The summed E-state index contributed by atoms with van der Waals surface area (Å²) >= 11 is 0. The Labute approximate surface area is 152 Å². The molecule has 1 unspecified atom stereocenters. The van der Waals surface area contributed by atoms with Crippen molar-refractivity contribution in [2.75, 3.05) is 13.6 Å². The zero-order chi connectivity index (χ0) is 19.3. The fourth-order valence-electron chi connectivity index (χ4n) is 2.18. The molecule has 0 amide bonds. The minimum atomic E-state index is -0.665. The van der Waals surface area contributed by atoms with Crippen LogP contribution >= 0.6 is 0 Å². The lowest BCUT2D eigenvalue weighted by Gasteiger charge is -2.17. The van der Waals surface area contributed by atoms with Crippen molar-refractivity contribution >= 4 is 12.0 Å². The number of benzene rings is 1. The first-order valence-electron chi connectivity index (χ1n) is 8.19. The molecule has 0 bridgehead atoms. The second kappa shape index (κ2) is 8.43. The van der Waals surface area contributed by atoms with Crippen LogP contribution in [-0.4, -0.2) is 29.8 Å². The van der Waals surface area contributed by atoms with Crippen LogP contribution in [0.4, 0.5) is 14.5 Å². The van der Waals surface area contributed by atoms with Gasteiger partial charge in [-0.15, -0.1) is 6.42 Å². The third-order valence-corrected chi connectivity index (χ3v) is 3.84. The first-order chi connectivity index (χ1) is 12.3. The molecule has 1 aromatic heterocycles. The Kier molecular flexibility index (Phi) is 6.29. The molecule has 0 saturated heterocycles. The number of hydrogen-bond acceptors (Lipinski definition) is 3. The maximum absolute atomic E-state index is 13.4. The molecule has 0 aliphatic carbocycles. The normalized spacial score (nSPS) is 12.0. The van der Waals surface area contributed by atoms with Gasteiger partial charge in [-0.2, -0.15) is 0 Å². The van der Waals surface area contributed by atoms with Gasteiger partial charge in [0.2, 0.25) is 5.88 Å². The van der Waals surface area contributed by atoms with E-state index in [0.717, 1.165) is 12.6 Å². The summed E-state index contributed by atoms with van der Waals surface area (Å²) in [5.74, 6) is 1.42. The van der Waals surface area contributed by atoms with Crippen molar-refractivity contribution in [3.63, 3.8) is 0 Å². The minimum absolute atomic E-state index is 0.227. The van der Waals surface area contributed by atoms with Crippen LogP contribution in [0.5, 0.6) is 5.88 Å². The number of pyridine rings is 1. The van der Waals surface area contributed by atoms with Crippen molar-refractivity contribution in [2.45, 2.75) is 26.9 Å². The number of aromatic nitrogens is 1. The van der Waals surface area contributed by atoms with Gasteiger partial charge in [0.15, 0.2) is 0 Å². The fraction of sp³-hybridized carbons (Fsp3) is 0.300. The molecule has 4 nitrogen and oxygen atoms in total. The van der Waals surface area contributed by atoms with E-state index in [1.54, 1.807) is 26.3 Å². The Balaban J connectivity index is 2.30. The number of aliphatic imine (C=N–C) groups is 1. The topological polar surface area (TPSA) is 37.7 Å². The van der Waals surface area contributed by atoms with Gasteiger partial charge in [-0.1, -0.05) is 5.92 Å². The maximum atomic E-state index is 13.4. The SMILES string of the molecule is C#Cc1cc(/N=C/N(C)CC)c(C)nc1OC(C)c1cc(F)cc(F)c1. The summed E-state index contributed by atoms with van der Waals surface area (Å²) in [4.78, 5) is 10.7. The Hall–Kier alpha value is -2.94. The molecule has 2 rings (SSSR count). The van der Waals surface area contributed by atoms with E-state index in [0.29, 0.717) is 22.5 Å². The van der Waals surface area contributed by atoms with E-state index in [1.807, 2.05) is 18.9 Å².